The highest BCUT2D eigenvalue weighted by Gasteiger charge is 2.12. The van der Waals surface area contributed by atoms with Gasteiger partial charge in [0.05, 0.1) is 40.4 Å². The number of likely N-dealkylation sites (N-methyl/N-ethyl adjacent to an activating group) is 1. The third kappa shape index (κ3) is 4.05. The summed E-state index contributed by atoms with van der Waals surface area (Å²) in [5.74, 6) is 1.47. The van der Waals surface area contributed by atoms with E-state index in [1.807, 2.05) is 53.1 Å². The van der Waals surface area contributed by atoms with E-state index in [-0.39, 0.29) is 0 Å². The van der Waals surface area contributed by atoms with Crippen LogP contribution in [0.3, 0.4) is 0 Å². The summed E-state index contributed by atoms with van der Waals surface area (Å²) in [6, 6.07) is 12.0. The van der Waals surface area contributed by atoms with Crippen LogP contribution in [-0.2, 0) is 6.54 Å². The van der Waals surface area contributed by atoms with Gasteiger partial charge in [0, 0.05) is 23.0 Å². The summed E-state index contributed by atoms with van der Waals surface area (Å²) in [6.07, 6.45) is 3.43. The average molecular weight is 432 g/mol. The first-order valence-electron chi connectivity index (χ1n) is 9.92. The molecule has 0 fully saturated rings. The molecule has 0 bridgehead atoms. The molecule has 31 heavy (non-hydrogen) atoms. The average Bonchev–Trinajstić information content (AvgIpc) is 3.44. The monoisotopic (exact) mass is 431 g/mol. The molecule has 0 amide bonds. The summed E-state index contributed by atoms with van der Waals surface area (Å²) in [5.41, 5.74) is 5.66. The Kier molecular flexibility index (Phi) is 5.42. The molecule has 0 atom stereocenters. The molecule has 2 N–H and O–H groups in total. The first-order chi connectivity index (χ1) is 15.3. The van der Waals surface area contributed by atoms with Crippen LogP contribution in [0.25, 0.3) is 21.8 Å². The van der Waals surface area contributed by atoms with Crippen molar-refractivity contribution in [3.8, 4) is 5.75 Å². The van der Waals surface area contributed by atoms with Crippen LogP contribution < -0.4 is 15.4 Å². The second kappa shape index (κ2) is 8.66. The maximum Gasteiger partial charge on any atom is 0.145 e. The highest BCUT2D eigenvalue weighted by Crippen LogP contribution is 2.32. The number of hydrogen-bond acceptors (Lipinski definition) is 8. The number of nitrogens with zero attached hydrogens (tertiary/aromatic N) is 5. The van der Waals surface area contributed by atoms with Crippen molar-refractivity contribution in [1.29, 1.82) is 0 Å². The predicted octanol–water partition coefficient (Wildman–Crippen LogP) is 3.83. The van der Waals surface area contributed by atoms with Gasteiger partial charge in [-0.05, 0) is 37.4 Å². The van der Waals surface area contributed by atoms with Gasteiger partial charge in [0.15, 0.2) is 0 Å². The molecule has 0 spiro atoms. The quantitative estimate of drug-likeness (QED) is 0.361. The highest BCUT2D eigenvalue weighted by molar-refractivity contribution is 7.07. The van der Waals surface area contributed by atoms with Gasteiger partial charge in [-0.3, -0.25) is 4.68 Å². The summed E-state index contributed by atoms with van der Waals surface area (Å²) < 4.78 is 7.92. The molecule has 5 rings (SSSR count). The lowest BCUT2D eigenvalue weighted by Crippen LogP contribution is -2.16. The maximum atomic E-state index is 5.96. The Morgan fingerprint density at radius 2 is 2.10 bits per heavy atom. The summed E-state index contributed by atoms with van der Waals surface area (Å²) in [5, 5.41) is 15.0. The van der Waals surface area contributed by atoms with Gasteiger partial charge in [-0.15, -0.1) is 11.3 Å². The Morgan fingerprint density at radius 3 is 2.97 bits per heavy atom. The molecule has 0 aliphatic heterocycles. The number of aromatic nitrogens is 5. The van der Waals surface area contributed by atoms with Crippen LogP contribution in [0.5, 0.6) is 5.75 Å². The van der Waals surface area contributed by atoms with Crippen LogP contribution in [-0.4, -0.2) is 44.9 Å². The largest absolute Gasteiger partial charge is 0.491 e. The van der Waals surface area contributed by atoms with Gasteiger partial charge in [-0.1, -0.05) is 6.07 Å². The Bertz CT molecular complexity index is 1310. The summed E-state index contributed by atoms with van der Waals surface area (Å²) in [7, 11) is 1.90. The fourth-order valence-electron chi connectivity index (χ4n) is 3.45. The van der Waals surface area contributed by atoms with E-state index in [0.29, 0.717) is 19.0 Å². The standard InChI is InChI=1S/C22H21N7OS/c1-23-7-8-30-20-4-2-3-18-21(20)22(25-13-24-18)28-16-5-6-19-15(9-16)10-27-29(19)11-17-12-31-14-26-17/h2-6,9-10,12-14,23H,7-8,11H2,1H3,(H,24,25,28). The topological polar surface area (TPSA) is 89.8 Å². The van der Waals surface area contributed by atoms with Crippen LogP contribution in [0.4, 0.5) is 11.5 Å². The van der Waals surface area contributed by atoms with E-state index in [0.717, 1.165) is 45.5 Å². The van der Waals surface area contributed by atoms with E-state index in [9.17, 15) is 0 Å². The van der Waals surface area contributed by atoms with Gasteiger partial charge in [0.1, 0.15) is 24.5 Å². The zero-order valence-corrected chi connectivity index (χ0v) is 17.8. The van der Waals surface area contributed by atoms with E-state index in [2.05, 4.69) is 42.8 Å². The molecule has 2 aromatic carbocycles. The first-order valence-corrected chi connectivity index (χ1v) is 10.9. The number of ether oxygens (including phenoxy) is 1. The zero-order chi connectivity index (χ0) is 21.0. The molecule has 3 aromatic heterocycles. The van der Waals surface area contributed by atoms with Crippen LogP contribution in [0.15, 0.2) is 59.8 Å². The highest BCUT2D eigenvalue weighted by atomic mass is 32.1. The molecule has 0 aliphatic rings. The van der Waals surface area contributed by atoms with Crippen LogP contribution in [0.2, 0.25) is 0 Å². The molecule has 0 radical (unpaired) electrons. The fourth-order valence-corrected chi connectivity index (χ4v) is 4.00. The van der Waals surface area contributed by atoms with Crippen LogP contribution in [0, 0.1) is 0 Å². The fraction of sp³-hybridized carbons (Fsp3) is 0.182. The molecular weight excluding hydrogens is 410 g/mol. The normalized spacial score (nSPS) is 11.3. The molecule has 0 unspecified atom stereocenters. The Labute approximate surface area is 182 Å². The third-order valence-corrected chi connectivity index (χ3v) is 5.57. The predicted molar refractivity (Wildman–Crippen MR) is 123 cm³/mol. The van der Waals surface area contributed by atoms with Crippen molar-refractivity contribution in [3.63, 3.8) is 0 Å². The minimum atomic E-state index is 0.564. The molecule has 0 aliphatic carbocycles. The lowest BCUT2D eigenvalue weighted by atomic mass is 10.2. The van der Waals surface area contributed by atoms with Crippen molar-refractivity contribution >= 4 is 44.6 Å². The molecule has 0 saturated carbocycles. The second-order valence-corrected chi connectivity index (χ2v) is 7.72. The van der Waals surface area contributed by atoms with Gasteiger partial charge in [0.2, 0.25) is 0 Å². The van der Waals surface area contributed by atoms with Crippen molar-refractivity contribution in [2.24, 2.45) is 0 Å². The Balaban J connectivity index is 1.45. The number of hydrogen-bond donors (Lipinski definition) is 2. The van der Waals surface area contributed by atoms with Gasteiger partial charge in [-0.25, -0.2) is 15.0 Å². The first kappa shape index (κ1) is 19.4. The lowest BCUT2D eigenvalue weighted by Gasteiger charge is -2.13. The number of rotatable bonds is 8. The molecule has 3 heterocycles. The minimum Gasteiger partial charge on any atom is -0.491 e. The minimum absolute atomic E-state index is 0.564. The lowest BCUT2D eigenvalue weighted by molar-refractivity contribution is 0.322. The Hall–Kier alpha value is -3.56. The van der Waals surface area contributed by atoms with Gasteiger partial charge >= 0.3 is 0 Å². The van der Waals surface area contributed by atoms with Crippen molar-refractivity contribution in [2.75, 3.05) is 25.5 Å². The van der Waals surface area contributed by atoms with E-state index < -0.39 is 0 Å². The summed E-state index contributed by atoms with van der Waals surface area (Å²) in [4.78, 5) is 13.2. The molecular formula is C22H21N7OS. The van der Waals surface area contributed by atoms with Gasteiger partial charge in [-0.2, -0.15) is 5.10 Å². The van der Waals surface area contributed by atoms with E-state index in [4.69, 9.17) is 4.74 Å². The summed E-state index contributed by atoms with van der Waals surface area (Å²) >= 11 is 1.59. The molecule has 8 nitrogen and oxygen atoms in total. The van der Waals surface area contributed by atoms with Crippen molar-refractivity contribution in [3.05, 3.63) is 65.5 Å². The van der Waals surface area contributed by atoms with Crippen molar-refractivity contribution < 1.29 is 4.74 Å². The van der Waals surface area contributed by atoms with E-state index in [1.165, 1.54) is 0 Å². The molecule has 5 aromatic rings. The number of benzene rings is 2. The van der Waals surface area contributed by atoms with Gasteiger partial charge < -0.3 is 15.4 Å². The molecule has 0 saturated heterocycles. The number of anilines is 2. The second-order valence-electron chi connectivity index (χ2n) is 7.01. The maximum absolute atomic E-state index is 5.96. The Morgan fingerprint density at radius 1 is 1.13 bits per heavy atom. The SMILES string of the molecule is CNCCOc1cccc2ncnc(Nc3ccc4c(cnn4Cc4cscn4)c3)c12. The van der Waals surface area contributed by atoms with Gasteiger partial charge in [0.25, 0.3) is 0 Å². The number of nitrogens with one attached hydrogen (secondary N) is 2. The third-order valence-electron chi connectivity index (χ3n) is 4.93. The smallest absolute Gasteiger partial charge is 0.145 e. The van der Waals surface area contributed by atoms with Crippen molar-refractivity contribution in [2.45, 2.75) is 6.54 Å². The molecule has 9 heteroatoms. The summed E-state index contributed by atoms with van der Waals surface area (Å²) in [6.45, 7) is 1.98. The van der Waals surface area contributed by atoms with E-state index >= 15 is 0 Å². The number of fused-ring (bicyclic) bond motifs is 2. The zero-order valence-electron chi connectivity index (χ0n) is 16.9. The van der Waals surface area contributed by atoms with E-state index in [1.54, 1.807) is 17.7 Å². The van der Waals surface area contributed by atoms with Crippen LogP contribution >= 0.6 is 11.3 Å². The molecule has 156 valence electrons. The van der Waals surface area contributed by atoms with Crippen molar-refractivity contribution in [1.82, 2.24) is 30.0 Å². The van der Waals surface area contributed by atoms with Crippen LogP contribution in [0.1, 0.15) is 5.69 Å². The number of thiazole rings is 1.